The third-order valence-corrected chi connectivity index (χ3v) is 6.54. The maximum absolute atomic E-state index is 13.8. The van der Waals surface area contributed by atoms with Crippen molar-refractivity contribution in [2.24, 2.45) is 0 Å². The van der Waals surface area contributed by atoms with E-state index in [9.17, 15) is 23.1 Å². The van der Waals surface area contributed by atoms with Gasteiger partial charge in [0.2, 0.25) is 5.89 Å². The maximum atomic E-state index is 13.8. The summed E-state index contributed by atoms with van der Waals surface area (Å²) >= 11 is 5.99. The minimum atomic E-state index is -4.66. The Morgan fingerprint density at radius 1 is 1.15 bits per heavy atom. The van der Waals surface area contributed by atoms with E-state index >= 15 is 0 Å². The van der Waals surface area contributed by atoms with E-state index in [-0.39, 0.29) is 61.3 Å². The molecule has 0 aliphatic heterocycles. The van der Waals surface area contributed by atoms with E-state index in [0.29, 0.717) is 10.6 Å². The normalized spacial score (nSPS) is 12.4. The van der Waals surface area contributed by atoms with Crippen LogP contribution in [0.5, 0.6) is 5.75 Å². The first kappa shape index (κ1) is 30.3. The molecule has 1 atom stereocenters. The van der Waals surface area contributed by atoms with Crippen LogP contribution in [0.4, 0.5) is 13.2 Å². The molecule has 0 spiro atoms. The van der Waals surface area contributed by atoms with Gasteiger partial charge in [-0.3, -0.25) is 4.79 Å². The summed E-state index contributed by atoms with van der Waals surface area (Å²) in [6.45, 7) is 1.62. The Labute approximate surface area is 239 Å². The first-order valence-corrected chi connectivity index (χ1v) is 12.9. The Morgan fingerprint density at radius 2 is 1.88 bits per heavy atom. The van der Waals surface area contributed by atoms with Gasteiger partial charge < -0.3 is 29.0 Å². The van der Waals surface area contributed by atoms with Crippen LogP contribution in [-0.4, -0.2) is 60.9 Å². The number of aliphatic hydroxyl groups is 1. The van der Waals surface area contributed by atoms with Crippen molar-refractivity contribution in [3.05, 3.63) is 76.3 Å². The molecule has 0 saturated carbocycles. The predicted molar refractivity (Wildman–Crippen MR) is 148 cm³/mol. The average Bonchev–Trinajstić information content (AvgIpc) is 3.40. The molecule has 0 saturated heterocycles. The lowest BCUT2D eigenvalue weighted by molar-refractivity contribution is -0.140. The van der Waals surface area contributed by atoms with E-state index in [1.165, 1.54) is 31.3 Å². The molecule has 14 heteroatoms. The van der Waals surface area contributed by atoms with E-state index in [0.717, 1.165) is 11.6 Å². The van der Waals surface area contributed by atoms with Crippen molar-refractivity contribution in [2.45, 2.75) is 25.7 Å². The van der Waals surface area contributed by atoms with Gasteiger partial charge in [0.15, 0.2) is 11.5 Å². The van der Waals surface area contributed by atoms with Crippen LogP contribution in [0.2, 0.25) is 5.02 Å². The summed E-state index contributed by atoms with van der Waals surface area (Å²) < 4.78 is 56.7. The van der Waals surface area contributed by atoms with Crippen LogP contribution in [-0.2, 0) is 17.4 Å². The fraction of sp³-hybridized carbons (Fsp3) is 0.296. The van der Waals surface area contributed by atoms with E-state index in [4.69, 9.17) is 25.4 Å². The maximum Gasteiger partial charge on any atom is 0.433 e. The molecule has 4 aromatic rings. The Balaban J connectivity index is 1.82. The van der Waals surface area contributed by atoms with Crippen molar-refractivity contribution < 1.29 is 36.9 Å². The second-order valence-corrected chi connectivity index (χ2v) is 9.51. The number of hydrogen-bond acceptors (Lipinski definition) is 8. The predicted octanol–water partition coefficient (Wildman–Crippen LogP) is 4.77. The number of aromatic nitrogens is 2. The number of pyridine rings is 1. The van der Waals surface area contributed by atoms with Crippen LogP contribution in [0, 0.1) is 0 Å². The quantitative estimate of drug-likeness (QED) is 0.241. The second-order valence-electron chi connectivity index (χ2n) is 9.07. The number of carbonyl (C=O) groups is 1. The standard InChI is InChI=1S/C27H27BClF3N4O5/c1-15(35-28-40-3)24-23(26(38)36(12-13-37)14-16-4-6-17(29)7-5-16)34-25(41-24)19-8-10-20(39-2)22-18(19)9-11-21(33-22)27(30,31)32/h4-11,15,28,35,37H,12-14H2,1-3H3/t15-/m0/s1. The second kappa shape index (κ2) is 12.9. The molecule has 216 valence electrons. The molecule has 0 unspecified atom stereocenters. The molecule has 4 rings (SSSR count). The fourth-order valence-corrected chi connectivity index (χ4v) is 4.36. The minimum Gasteiger partial charge on any atom is -0.494 e. The third-order valence-electron chi connectivity index (χ3n) is 6.29. The lowest BCUT2D eigenvalue weighted by Gasteiger charge is -2.22. The number of ether oxygens (including phenoxy) is 1. The summed E-state index contributed by atoms with van der Waals surface area (Å²) in [7, 11) is 2.97. The molecule has 0 aliphatic carbocycles. The molecule has 2 heterocycles. The summed E-state index contributed by atoms with van der Waals surface area (Å²) in [6.07, 6.45) is -4.66. The highest BCUT2D eigenvalue weighted by Crippen LogP contribution is 2.37. The monoisotopic (exact) mass is 590 g/mol. The van der Waals surface area contributed by atoms with Gasteiger partial charge in [-0.2, -0.15) is 13.2 Å². The van der Waals surface area contributed by atoms with Crippen molar-refractivity contribution in [2.75, 3.05) is 27.4 Å². The van der Waals surface area contributed by atoms with Crippen molar-refractivity contribution >= 4 is 36.0 Å². The van der Waals surface area contributed by atoms with Crippen LogP contribution in [0.1, 0.15) is 40.5 Å². The Hall–Kier alpha value is -3.65. The number of amides is 1. The molecular formula is C27H27BClF3N4O5. The van der Waals surface area contributed by atoms with Gasteiger partial charge in [0.05, 0.1) is 19.8 Å². The molecule has 0 radical (unpaired) electrons. The van der Waals surface area contributed by atoms with Gasteiger partial charge in [0, 0.05) is 36.2 Å². The van der Waals surface area contributed by atoms with Crippen LogP contribution in [0.15, 0.2) is 52.9 Å². The average molecular weight is 591 g/mol. The Morgan fingerprint density at radius 3 is 2.51 bits per heavy atom. The van der Waals surface area contributed by atoms with Crippen LogP contribution < -0.4 is 9.96 Å². The first-order valence-electron chi connectivity index (χ1n) is 12.5. The van der Waals surface area contributed by atoms with Crippen LogP contribution >= 0.6 is 11.6 Å². The van der Waals surface area contributed by atoms with Gasteiger partial charge in [-0.05, 0) is 48.9 Å². The number of nitrogens with zero attached hydrogens (tertiary/aromatic N) is 3. The summed E-state index contributed by atoms with van der Waals surface area (Å²) in [6, 6.07) is 11.5. The lowest BCUT2D eigenvalue weighted by Crippen LogP contribution is -2.35. The van der Waals surface area contributed by atoms with Crippen molar-refractivity contribution in [1.29, 1.82) is 0 Å². The van der Waals surface area contributed by atoms with Gasteiger partial charge in [-0.25, -0.2) is 9.97 Å². The zero-order chi connectivity index (χ0) is 29.7. The van der Waals surface area contributed by atoms with Gasteiger partial charge in [-0.1, -0.05) is 23.7 Å². The number of hydrogen-bond donors (Lipinski definition) is 2. The number of rotatable bonds is 11. The van der Waals surface area contributed by atoms with E-state index in [2.05, 4.69) is 15.2 Å². The smallest absolute Gasteiger partial charge is 0.433 e. The molecule has 2 N–H and O–H groups in total. The molecule has 0 fully saturated rings. The highest BCUT2D eigenvalue weighted by atomic mass is 35.5. The Kier molecular flexibility index (Phi) is 9.54. The summed E-state index contributed by atoms with van der Waals surface area (Å²) in [5.74, 6) is -0.200. The minimum absolute atomic E-state index is 0.000861. The van der Waals surface area contributed by atoms with Crippen molar-refractivity contribution in [3.63, 3.8) is 0 Å². The number of oxazole rings is 1. The number of nitrogens with one attached hydrogen (secondary N) is 1. The largest absolute Gasteiger partial charge is 0.494 e. The van der Waals surface area contributed by atoms with Gasteiger partial charge >= 0.3 is 13.8 Å². The molecule has 9 nitrogen and oxygen atoms in total. The zero-order valence-electron chi connectivity index (χ0n) is 22.5. The highest BCUT2D eigenvalue weighted by Gasteiger charge is 2.34. The first-order chi connectivity index (χ1) is 19.6. The molecule has 2 aromatic carbocycles. The molecule has 0 aliphatic rings. The van der Waals surface area contributed by atoms with Crippen LogP contribution in [0.3, 0.4) is 0 Å². The number of alkyl halides is 3. The van der Waals surface area contributed by atoms with E-state index in [1.54, 1.807) is 37.3 Å². The van der Waals surface area contributed by atoms with Gasteiger partial charge in [-0.15, -0.1) is 0 Å². The molecule has 1 amide bonds. The number of fused-ring (bicyclic) bond motifs is 1. The highest BCUT2D eigenvalue weighted by molar-refractivity contribution is 6.30. The molecule has 0 bridgehead atoms. The fourth-order valence-electron chi connectivity index (χ4n) is 4.23. The molecule has 41 heavy (non-hydrogen) atoms. The topological polar surface area (TPSA) is 110 Å². The van der Waals surface area contributed by atoms with Crippen molar-refractivity contribution in [3.8, 4) is 17.2 Å². The molecular weight excluding hydrogens is 564 g/mol. The number of benzene rings is 2. The zero-order valence-corrected chi connectivity index (χ0v) is 23.2. The number of aliphatic hydroxyl groups excluding tert-OH is 1. The van der Waals surface area contributed by atoms with Gasteiger partial charge in [0.1, 0.15) is 17.0 Å². The lowest BCUT2D eigenvalue weighted by atomic mass is 10.1. The summed E-state index contributed by atoms with van der Waals surface area (Å²) in [5.41, 5.74) is -0.0546. The van der Waals surface area contributed by atoms with E-state index in [1.807, 2.05) is 0 Å². The SMILES string of the molecule is COBN[C@@H](C)c1oc(-c2ccc(OC)c3nc(C(F)(F)F)ccc23)nc1C(=O)N(CCO)Cc1ccc(Cl)cc1. The number of halogens is 4. The number of carbonyl (C=O) groups excluding carboxylic acids is 1. The van der Waals surface area contributed by atoms with Crippen molar-refractivity contribution in [1.82, 2.24) is 20.1 Å². The Bertz CT molecular complexity index is 1520. The molecule has 2 aromatic heterocycles. The van der Waals surface area contributed by atoms with Gasteiger partial charge in [0.25, 0.3) is 5.91 Å². The summed E-state index contributed by atoms with van der Waals surface area (Å²) in [5, 5.41) is 13.6. The third kappa shape index (κ3) is 6.81. The number of methoxy groups -OCH3 is 1. The van der Waals surface area contributed by atoms with E-state index < -0.39 is 23.8 Å². The van der Waals surface area contributed by atoms with Crippen LogP contribution in [0.25, 0.3) is 22.4 Å². The summed E-state index contributed by atoms with van der Waals surface area (Å²) in [4.78, 5) is 23.5.